The summed E-state index contributed by atoms with van der Waals surface area (Å²) in [7, 11) is 0. The first kappa shape index (κ1) is 25.1. The van der Waals surface area contributed by atoms with Gasteiger partial charge < -0.3 is 19.7 Å². The number of nitrogens with zero attached hydrogens (tertiary/aromatic N) is 4. The molecule has 4 heterocycles. The van der Waals surface area contributed by atoms with Gasteiger partial charge in [0.05, 0.1) is 28.5 Å². The first-order valence-electron chi connectivity index (χ1n) is 13.0. The zero-order valence-corrected chi connectivity index (χ0v) is 23.4. The molecule has 4 atom stereocenters. The van der Waals surface area contributed by atoms with Crippen molar-refractivity contribution < 1.29 is 0 Å². The van der Waals surface area contributed by atoms with Crippen LogP contribution < -0.4 is 15.1 Å². The first-order valence-corrected chi connectivity index (χ1v) is 13.8. The van der Waals surface area contributed by atoms with Gasteiger partial charge in [0.1, 0.15) is 0 Å². The van der Waals surface area contributed by atoms with Gasteiger partial charge >= 0.3 is 0 Å². The van der Waals surface area contributed by atoms with Crippen LogP contribution in [-0.4, -0.2) is 27.8 Å². The third kappa shape index (κ3) is 4.50. The highest BCUT2D eigenvalue weighted by molar-refractivity contribution is 7.80. The normalized spacial score (nSPS) is 24.3. The van der Waals surface area contributed by atoms with Crippen LogP contribution in [0.5, 0.6) is 0 Å². The minimum Gasteiger partial charge on any atom is -0.370 e. The van der Waals surface area contributed by atoms with E-state index in [-0.39, 0.29) is 12.1 Å². The fourth-order valence-electron chi connectivity index (χ4n) is 6.32. The molecule has 3 aromatic rings. The number of hydrogen-bond acceptors (Lipinski definition) is 3. The molecule has 2 aliphatic heterocycles. The highest BCUT2D eigenvalue weighted by Gasteiger charge is 2.42. The molecule has 0 saturated carbocycles. The summed E-state index contributed by atoms with van der Waals surface area (Å²) in [6.07, 6.45) is 3.12. The van der Waals surface area contributed by atoms with Crippen LogP contribution in [0.1, 0.15) is 61.9 Å². The van der Waals surface area contributed by atoms with E-state index in [1.54, 1.807) is 0 Å². The van der Waals surface area contributed by atoms with Crippen molar-refractivity contribution in [2.75, 3.05) is 22.9 Å². The molecule has 2 saturated heterocycles. The number of halogens is 1. The average Bonchev–Trinajstić information content (AvgIpc) is 3.33. The molecule has 2 fully saturated rings. The third-order valence-electron chi connectivity index (χ3n) is 7.76. The van der Waals surface area contributed by atoms with Crippen molar-refractivity contribution in [3.8, 4) is 0 Å². The number of aromatic nitrogens is 2. The largest absolute Gasteiger partial charge is 0.370 e. The molecular weight excluding hydrogens is 486 g/mol. The molecule has 1 N–H and O–H groups in total. The number of rotatable bonds is 5. The fourth-order valence-corrected chi connectivity index (χ4v) is 6.96. The Balaban J connectivity index is 1.57. The number of hydrogen-bond donors (Lipinski definition) is 1. The average molecular weight is 522 g/mol. The molecule has 0 spiro atoms. The van der Waals surface area contributed by atoms with Crippen LogP contribution in [0.3, 0.4) is 0 Å². The van der Waals surface area contributed by atoms with Gasteiger partial charge in [0.15, 0.2) is 5.11 Å². The van der Waals surface area contributed by atoms with E-state index in [2.05, 4.69) is 84.6 Å². The molecular formula is C29H36ClN5S. The molecule has 0 bridgehead atoms. The van der Waals surface area contributed by atoms with Crippen LogP contribution in [0.25, 0.3) is 0 Å². The van der Waals surface area contributed by atoms with Gasteiger partial charge in [-0.3, -0.25) is 4.98 Å². The molecule has 7 heteroatoms. The SMILES string of the molecule is CCn1c(C)cc([C@@H]2[C@H](c3ccccn3)NC(=S)N2c2ccc(N3C[C@H](C)C[C@H](C)C3)c(Cl)c2)c1C. The number of aryl methyl sites for hydroxylation is 1. The second-order valence-electron chi connectivity index (χ2n) is 10.6. The smallest absolute Gasteiger partial charge is 0.174 e. The highest BCUT2D eigenvalue weighted by Crippen LogP contribution is 2.45. The Morgan fingerprint density at radius 2 is 1.83 bits per heavy atom. The molecule has 0 amide bonds. The van der Waals surface area contributed by atoms with Gasteiger partial charge in [0.25, 0.3) is 0 Å². The highest BCUT2D eigenvalue weighted by atomic mass is 35.5. The van der Waals surface area contributed by atoms with Gasteiger partial charge in [-0.05, 0) is 93.2 Å². The van der Waals surface area contributed by atoms with Crippen molar-refractivity contribution >= 4 is 40.3 Å². The number of benzene rings is 1. The van der Waals surface area contributed by atoms with E-state index in [0.29, 0.717) is 16.9 Å². The Bertz CT molecular complexity index is 1250. The van der Waals surface area contributed by atoms with Crippen LogP contribution in [0.4, 0.5) is 11.4 Å². The Kier molecular flexibility index (Phi) is 7.01. The third-order valence-corrected chi connectivity index (χ3v) is 8.38. The van der Waals surface area contributed by atoms with Gasteiger partial charge in [-0.25, -0.2) is 0 Å². The van der Waals surface area contributed by atoms with Crippen molar-refractivity contribution in [1.82, 2.24) is 14.9 Å². The summed E-state index contributed by atoms with van der Waals surface area (Å²) >= 11 is 12.9. The standard InChI is InChI=1S/C29H36ClN5S/c1-6-34-20(4)14-23(21(34)5)28-27(25-9-7-8-12-31-25)32-29(36)35(28)22-10-11-26(24(30)15-22)33-16-18(2)13-19(3)17-33/h7-12,14-15,18-19,27-28H,6,13,16-17H2,1-5H3,(H,32,36)/t18-,19+,27-,28+/m0/s1. The van der Waals surface area contributed by atoms with Gasteiger partial charge in [-0.1, -0.05) is 31.5 Å². The maximum absolute atomic E-state index is 6.97. The minimum atomic E-state index is -0.0632. The van der Waals surface area contributed by atoms with Gasteiger partial charge in [0.2, 0.25) is 0 Å². The Morgan fingerprint density at radius 1 is 1.08 bits per heavy atom. The molecule has 1 aromatic carbocycles. The van der Waals surface area contributed by atoms with Gasteiger partial charge in [-0.15, -0.1) is 0 Å². The van der Waals surface area contributed by atoms with Crippen LogP contribution in [0.15, 0.2) is 48.7 Å². The summed E-state index contributed by atoms with van der Waals surface area (Å²) in [6.45, 7) is 14.2. The number of piperidine rings is 1. The monoisotopic (exact) mass is 521 g/mol. The van der Waals surface area contributed by atoms with Crippen LogP contribution >= 0.6 is 23.8 Å². The van der Waals surface area contributed by atoms with Crippen LogP contribution in [0.2, 0.25) is 5.02 Å². The summed E-state index contributed by atoms with van der Waals surface area (Å²) in [4.78, 5) is 9.37. The molecule has 0 unspecified atom stereocenters. The van der Waals surface area contributed by atoms with E-state index >= 15 is 0 Å². The summed E-state index contributed by atoms with van der Waals surface area (Å²) in [5, 5.41) is 5.05. The molecule has 5 rings (SSSR count). The van der Waals surface area contributed by atoms with Gasteiger partial charge in [-0.2, -0.15) is 0 Å². The molecule has 36 heavy (non-hydrogen) atoms. The summed E-state index contributed by atoms with van der Waals surface area (Å²) in [5.74, 6) is 1.33. The lowest BCUT2D eigenvalue weighted by atomic mass is 9.91. The number of anilines is 2. The van der Waals surface area contributed by atoms with Gasteiger partial charge in [0, 0.05) is 42.9 Å². The second-order valence-corrected chi connectivity index (χ2v) is 11.3. The molecule has 5 nitrogen and oxygen atoms in total. The summed E-state index contributed by atoms with van der Waals surface area (Å²) < 4.78 is 2.36. The Labute approximate surface area is 225 Å². The maximum Gasteiger partial charge on any atom is 0.174 e. The van der Waals surface area contributed by atoms with E-state index < -0.39 is 0 Å². The minimum absolute atomic E-state index is 0.0316. The number of pyridine rings is 1. The van der Waals surface area contributed by atoms with Crippen molar-refractivity contribution in [3.05, 3.63) is 76.3 Å². The van der Waals surface area contributed by atoms with Crippen molar-refractivity contribution in [1.29, 1.82) is 0 Å². The fraction of sp³-hybridized carbons (Fsp3) is 0.448. The lowest BCUT2D eigenvalue weighted by molar-refractivity contribution is 0.357. The van der Waals surface area contributed by atoms with E-state index in [0.717, 1.165) is 41.7 Å². The van der Waals surface area contributed by atoms with E-state index in [4.69, 9.17) is 28.8 Å². The molecule has 2 aliphatic rings. The maximum atomic E-state index is 6.97. The van der Waals surface area contributed by atoms with Crippen molar-refractivity contribution in [3.63, 3.8) is 0 Å². The van der Waals surface area contributed by atoms with E-state index in [1.165, 1.54) is 23.4 Å². The first-order chi connectivity index (χ1) is 17.3. The number of nitrogens with one attached hydrogen (secondary N) is 1. The zero-order valence-electron chi connectivity index (χ0n) is 21.8. The lowest BCUT2D eigenvalue weighted by Gasteiger charge is -2.37. The topological polar surface area (TPSA) is 36.3 Å². The second kappa shape index (κ2) is 10.1. The molecule has 0 radical (unpaired) electrons. The molecule has 190 valence electrons. The van der Waals surface area contributed by atoms with Crippen LogP contribution in [-0.2, 0) is 6.54 Å². The van der Waals surface area contributed by atoms with E-state index in [9.17, 15) is 0 Å². The van der Waals surface area contributed by atoms with E-state index in [1.807, 2.05) is 18.3 Å². The van der Waals surface area contributed by atoms with Crippen LogP contribution in [0, 0.1) is 25.7 Å². The lowest BCUT2D eigenvalue weighted by Crippen LogP contribution is -2.38. The quantitative estimate of drug-likeness (QED) is 0.372. The van der Waals surface area contributed by atoms with Crippen molar-refractivity contribution in [2.24, 2.45) is 11.8 Å². The predicted molar refractivity (Wildman–Crippen MR) is 154 cm³/mol. The summed E-state index contributed by atoms with van der Waals surface area (Å²) in [5.41, 5.74) is 6.87. The predicted octanol–water partition coefficient (Wildman–Crippen LogP) is 6.83. The summed E-state index contributed by atoms with van der Waals surface area (Å²) in [6, 6.07) is 14.7. The Hall–Kier alpha value is -2.57. The van der Waals surface area contributed by atoms with Crippen molar-refractivity contribution in [2.45, 2.75) is 59.7 Å². The zero-order chi connectivity index (χ0) is 25.6. The molecule has 2 aromatic heterocycles. The molecule has 0 aliphatic carbocycles. The number of thiocarbonyl (C=S) groups is 1. The Morgan fingerprint density at radius 3 is 2.44 bits per heavy atom.